The summed E-state index contributed by atoms with van der Waals surface area (Å²) in [5, 5.41) is 2.57. The molecular formula is C22H16ClF3N4O2. The molecular weight excluding hydrogens is 445 g/mol. The monoisotopic (exact) mass is 460 g/mol. The molecule has 10 heteroatoms. The number of carbonyl (C=O) groups is 2. The number of halogens is 4. The van der Waals surface area contributed by atoms with Crippen LogP contribution in [0.15, 0.2) is 48.7 Å². The van der Waals surface area contributed by atoms with Crippen molar-refractivity contribution in [1.29, 1.82) is 0 Å². The van der Waals surface area contributed by atoms with E-state index in [0.29, 0.717) is 16.8 Å². The number of alkyl halides is 3. The summed E-state index contributed by atoms with van der Waals surface area (Å²) < 4.78 is 40.6. The van der Waals surface area contributed by atoms with Gasteiger partial charge in [-0.2, -0.15) is 0 Å². The van der Waals surface area contributed by atoms with E-state index in [1.165, 1.54) is 30.5 Å². The molecule has 3 aromatic rings. The van der Waals surface area contributed by atoms with Gasteiger partial charge in [-0.1, -0.05) is 29.8 Å². The molecule has 0 saturated heterocycles. The first-order valence-corrected chi connectivity index (χ1v) is 9.90. The van der Waals surface area contributed by atoms with E-state index in [0.717, 1.165) is 4.90 Å². The summed E-state index contributed by atoms with van der Waals surface area (Å²) in [6, 6.07) is 9.71. The molecule has 4 rings (SSSR count). The molecule has 1 N–H and O–H groups in total. The molecule has 1 aromatic carbocycles. The van der Waals surface area contributed by atoms with Crippen molar-refractivity contribution in [2.75, 3.05) is 16.8 Å². The first kappa shape index (κ1) is 21.8. The van der Waals surface area contributed by atoms with Crippen molar-refractivity contribution < 1.29 is 22.8 Å². The maximum absolute atomic E-state index is 15.2. The molecule has 1 atom stereocenters. The van der Waals surface area contributed by atoms with E-state index in [9.17, 15) is 18.4 Å². The minimum atomic E-state index is -2.63. The zero-order valence-electron chi connectivity index (χ0n) is 16.7. The van der Waals surface area contributed by atoms with Crippen molar-refractivity contribution >= 4 is 34.8 Å². The Morgan fingerprint density at radius 1 is 1.25 bits per heavy atom. The van der Waals surface area contributed by atoms with Gasteiger partial charge in [0.05, 0.1) is 11.4 Å². The van der Waals surface area contributed by atoms with Crippen LogP contribution in [0.3, 0.4) is 0 Å². The molecule has 0 saturated carbocycles. The lowest BCUT2D eigenvalue weighted by Gasteiger charge is -2.24. The fraction of sp³-hybridized carbons (Fsp3) is 0.182. The highest BCUT2D eigenvalue weighted by atomic mass is 35.5. The van der Waals surface area contributed by atoms with Gasteiger partial charge in [-0.3, -0.25) is 19.5 Å². The number of aryl methyl sites for hydroxylation is 1. The van der Waals surface area contributed by atoms with Crippen molar-refractivity contribution in [2.24, 2.45) is 0 Å². The molecule has 6 nitrogen and oxygen atoms in total. The van der Waals surface area contributed by atoms with Crippen LogP contribution in [0.1, 0.15) is 29.5 Å². The van der Waals surface area contributed by atoms with Crippen molar-refractivity contribution in [3.05, 3.63) is 70.8 Å². The molecule has 164 valence electrons. The van der Waals surface area contributed by atoms with E-state index < -0.39 is 31.0 Å². The molecule has 0 bridgehead atoms. The number of carbonyl (C=O) groups excluding carboxylic acids is 2. The lowest BCUT2D eigenvalue weighted by molar-refractivity contribution is -0.125. The number of fused-ring (bicyclic) bond motifs is 3. The van der Waals surface area contributed by atoms with E-state index >= 15 is 4.39 Å². The minimum absolute atomic E-state index is 0.0455. The topological polar surface area (TPSA) is 75.2 Å². The van der Waals surface area contributed by atoms with Crippen LogP contribution < -0.4 is 10.2 Å². The van der Waals surface area contributed by atoms with Gasteiger partial charge < -0.3 is 5.32 Å². The molecule has 2 aromatic heterocycles. The van der Waals surface area contributed by atoms with E-state index in [1.807, 2.05) is 0 Å². The van der Waals surface area contributed by atoms with Crippen molar-refractivity contribution in [3.63, 3.8) is 0 Å². The zero-order chi connectivity index (χ0) is 23.0. The van der Waals surface area contributed by atoms with Crippen LogP contribution in [-0.2, 0) is 9.59 Å². The maximum atomic E-state index is 15.2. The van der Waals surface area contributed by atoms with E-state index in [2.05, 4.69) is 15.3 Å². The number of benzene rings is 1. The number of pyridine rings is 2. The predicted octanol–water partition coefficient (Wildman–Crippen LogP) is 5.04. The summed E-state index contributed by atoms with van der Waals surface area (Å²) in [6.45, 7) is 1.12. The van der Waals surface area contributed by atoms with Crippen LogP contribution in [0, 0.1) is 6.92 Å². The lowest BCUT2D eigenvalue weighted by Crippen LogP contribution is -2.39. The quantitative estimate of drug-likeness (QED) is 0.553. The molecule has 1 aliphatic rings. The summed E-state index contributed by atoms with van der Waals surface area (Å²) in [4.78, 5) is 34.9. The van der Waals surface area contributed by atoms with Crippen LogP contribution in [0.2, 0.25) is 5.15 Å². The molecule has 0 spiro atoms. The van der Waals surface area contributed by atoms with Gasteiger partial charge in [-0.15, -0.1) is 0 Å². The maximum Gasteiger partial charge on any atom is 0.268 e. The van der Waals surface area contributed by atoms with Crippen LogP contribution in [0.4, 0.5) is 24.5 Å². The third-order valence-electron chi connectivity index (χ3n) is 4.95. The summed E-state index contributed by atoms with van der Waals surface area (Å²) in [5.41, 5.74) is 1.25. The largest absolute Gasteiger partial charge is 0.325 e. The second kappa shape index (κ2) is 8.58. The fourth-order valence-corrected chi connectivity index (χ4v) is 3.84. The molecule has 0 fully saturated rings. The Labute approximate surface area is 186 Å². The zero-order valence-corrected chi connectivity index (χ0v) is 17.4. The average molecular weight is 461 g/mol. The molecule has 32 heavy (non-hydrogen) atoms. The third kappa shape index (κ3) is 4.03. The Bertz CT molecular complexity index is 1200. The predicted molar refractivity (Wildman–Crippen MR) is 113 cm³/mol. The molecule has 1 aliphatic heterocycles. The lowest BCUT2D eigenvalue weighted by atomic mass is 10.0. The van der Waals surface area contributed by atoms with E-state index in [-0.39, 0.29) is 27.8 Å². The van der Waals surface area contributed by atoms with Gasteiger partial charge in [0.1, 0.15) is 11.7 Å². The Hall–Kier alpha value is -3.46. The molecule has 0 radical (unpaired) electrons. The highest BCUT2D eigenvalue weighted by Gasteiger charge is 2.37. The number of amides is 2. The van der Waals surface area contributed by atoms with Crippen molar-refractivity contribution in [1.82, 2.24) is 9.97 Å². The number of hydrogen-bond acceptors (Lipinski definition) is 4. The Kier molecular flexibility index (Phi) is 5.84. The molecule has 3 heterocycles. The minimum Gasteiger partial charge on any atom is -0.325 e. The summed E-state index contributed by atoms with van der Waals surface area (Å²) >= 11 is 6.35. The number of aromatic nitrogens is 2. The Morgan fingerprint density at radius 2 is 1.97 bits per heavy atom. The number of nitrogens with one attached hydrogen (secondary N) is 1. The highest BCUT2D eigenvalue weighted by molar-refractivity contribution is 6.33. The van der Waals surface area contributed by atoms with Crippen LogP contribution in [0.25, 0.3) is 11.1 Å². The van der Waals surface area contributed by atoms with Gasteiger partial charge in [-0.05, 0) is 31.2 Å². The molecule has 0 unspecified atom stereocenters. The summed E-state index contributed by atoms with van der Waals surface area (Å²) in [5.74, 6) is -1.63. The average Bonchev–Trinajstić information content (AvgIpc) is 2.84. The van der Waals surface area contributed by atoms with Crippen LogP contribution >= 0.6 is 11.6 Å². The number of hydrogen-bond donors (Lipinski definition) is 1. The van der Waals surface area contributed by atoms with Crippen molar-refractivity contribution in [3.8, 4) is 11.1 Å². The van der Waals surface area contributed by atoms with Gasteiger partial charge in [0.2, 0.25) is 12.1 Å². The number of nitrogens with zero attached hydrogens (tertiary/aromatic N) is 3. The summed E-state index contributed by atoms with van der Waals surface area (Å²) in [6.07, 6.45) is -3.39. The van der Waals surface area contributed by atoms with Gasteiger partial charge in [0.25, 0.3) is 12.3 Å². The fourth-order valence-electron chi connectivity index (χ4n) is 3.50. The first-order chi connectivity index (χ1) is 15.3. The van der Waals surface area contributed by atoms with Crippen molar-refractivity contribution in [2.45, 2.75) is 19.5 Å². The number of rotatable bonds is 4. The van der Waals surface area contributed by atoms with Gasteiger partial charge in [0.15, 0.2) is 0 Å². The molecule has 2 amide bonds. The Morgan fingerprint density at radius 3 is 2.66 bits per heavy atom. The summed E-state index contributed by atoms with van der Waals surface area (Å²) in [7, 11) is 0. The standard InChI is InChI=1S/C22H16ClF3N4O2/c1-11-9-15-17(20(23)28-11)14-3-2-8-27-19(14)18(24)22(32)30(15)10-16(31)29-13-6-4-12(5-7-13)21(25)26/h2-9,18,21H,10H2,1H3,(H,29,31)/t18-/m1/s1. The smallest absolute Gasteiger partial charge is 0.268 e. The van der Waals surface area contributed by atoms with E-state index in [4.69, 9.17) is 11.6 Å². The SMILES string of the molecule is Cc1cc2c(c(Cl)n1)-c1cccnc1[C@@H](F)C(=O)N2CC(=O)Nc1ccc(C(F)F)cc1. The third-order valence-corrected chi connectivity index (χ3v) is 5.23. The first-order valence-electron chi connectivity index (χ1n) is 9.52. The van der Waals surface area contributed by atoms with Gasteiger partial charge >= 0.3 is 0 Å². The second-order valence-electron chi connectivity index (χ2n) is 7.14. The van der Waals surface area contributed by atoms with Crippen LogP contribution in [-0.4, -0.2) is 28.3 Å². The van der Waals surface area contributed by atoms with Crippen LogP contribution in [0.5, 0.6) is 0 Å². The van der Waals surface area contributed by atoms with E-state index in [1.54, 1.807) is 25.1 Å². The normalized spacial score (nSPS) is 15.2. The van der Waals surface area contributed by atoms with Gasteiger partial charge in [-0.25, -0.2) is 18.2 Å². The highest BCUT2D eigenvalue weighted by Crippen LogP contribution is 2.43. The second-order valence-corrected chi connectivity index (χ2v) is 7.50. The number of anilines is 2. The Balaban J connectivity index is 1.69. The molecule has 0 aliphatic carbocycles. The van der Waals surface area contributed by atoms with Gasteiger partial charge in [0, 0.05) is 34.3 Å².